The first kappa shape index (κ1) is 19.9. The molecule has 1 aromatic carbocycles. The number of allylic oxidation sites excluding steroid dienone is 1. The minimum Gasteiger partial charge on any atom is -0.434 e. The Kier molecular flexibility index (Phi) is 5.20. The monoisotopic (exact) mass is 444 g/mol. The molecule has 1 aliphatic carbocycles. The first-order valence-electron chi connectivity index (χ1n) is 8.93. The van der Waals surface area contributed by atoms with Crippen LogP contribution in [0.1, 0.15) is 25.7 Å². The maximum Gasteiger partial charge on any atom is 0.365 e. The maximum absolute atomic E-state index is 12.1. The lowest BCUT2D eigenvalue weighted by atomic mass is 9.89. The van der Waals surface area contributed by atoms with E-state index < -0.39 is 17.1 Å². The maximum atomic E-state index is 12.1. The molecule has 0 radical (unpaired) electrons. The van der Waals surface area contributed by atoms with E-state index in [1.54, 1.807) is 0 Å². The van der Waals surface area contributed by atoms with E-state index in [4.69, 9.17) is 34.5 Å². The second-order valence-electron chi connectivity index (χ2n) is 6.62. The van der Waals surface area contributed by atoms with Crippen LogP contribution in [0.15, 0.2) is 50.2 Å². The Morgan fingerprint density at radius 2 is 1.83 bits per heavy atom. The molecule has 0 saturated heterocycles. The molecule has 1 aliphatic heterocycles. The molecule has 1 aromatic heterocycles. The lowest BCUT2D eigenvalue weighted by Crippen LogP contribution is -2.30. The van der Waals surface area contributed by atoms with Gasteiger partial charge in [-0.05, 0) is 48.5 Å². The zero-order valence-electron chi connectivity index (χ0n) is 15.5. The molecule has 0 fully saturated rings. The minimum atomic E-state index is -0.871. The molecular formula is C19H14Cl2N6O3. The van der Waals surface area contributed by atoms with Crippen molar-refractivity contribution in [1.29, 1.82) is 0 Å². The van der Waals surface area contributed by atoms with Gasteiger partial charge in [0.25, 0.3) is 5.56 Å². The summed E-state index contributed by atoms with van der Waals surface area (Å²) in [5.41, 5.74) is 4.11. The van der Waals surface area contributed by atoms with Crippen LogP contribution < -0.4 is 21.4 Å². The number of halogens is 2. The average Bonchev–Trinajstić information content (AvgIpc) is 2.72. The van der Waals surface area contributed by atoms with Gasteiger partial charge in [0, 0.05) is 5.57 Å². The Balaban J connectivity index is 1.73. The van der Waals surface area contributed by atoms with E-state index >= 15 is 0 Å². The fourth-order valence-electron chi connectivity index (χ4n) is 3.31. The first-order chi connectivity index (χ1) is 14.4. The highest BCUT2D eigenvalue weighted by molar-refractivity contribution is 6.37. The summed E-state index contributed by atoms with van der Waals surface area (Å²) >= 11 is 12.7. The molecule has 0 spiro atoms. The number of nitrogens with one attached hydrogen (secondary N) is 2. The van der Waals surface area contributed by atoms with Crippen molar-refractivity contribution in [2.45, 2.75) is 25.7 Å². The van der Waals surface area contributed by atoms with Crippen molar-refractivity contribution in [3.05, 3.63) is 77.9 Å². The van der Waals surface area contributed by atoms with Gasteiger partial charge in [-0.25, -0.2) is 4.79 Å². The number of benzene rings is 1. The van der Waals surface area contributed by atoms with Crippen LogP contribution in [0.2, 0.25) is 10.0 Å². The molecule has 2 aliphatic rings. The van der Waals surface area contributed by atoms with Crippen molar-refractivity contribution in [2.75, 3.05) is 0 Å². The van der Waals surface area contributed by atoms with Crippen LogP contribution in [0.5, 0.6) is 5.75 Å². The molecule has 4 rings (SSSR count). The van der Waals surface area contributed by atoms with E-state index in [9.17, 15) is 9.59 Å². The van der Waals surface area contributed by atoms with Gasteiger partial charge in [-0.15, -0.1) is 9.78 Å². The van der Waals surface area contributed by atoms with Crippen molar-refractivity contribution >= 4 is 34.9 Å². The smallest absolute Gasteiger partial charge is 0.365 e. The first-order valence-corrected chi connectivity index (χ1v) is 9.68. The van der Waals surface area contributed by atoms with Gasteiger partial charge in [0.05, 0.1) is 21.4 Å². The Morgan fingerprint density at radius 3 is 2.50 bits per heavy atom. The molecule has 2 heterocycles. The summed E-state index contributed by atoms with van der Waals surface area (Å²) in [6.45, 7) is 11.0. The van der Waals surface area contributed by atoms with Crippen LogP contribution in [0.25, 0.3) is 10.5 Å². The Labute approximate surface area is 180 Å². The second-order valence-corrected chi connectivity index (χ2v) is 7.43. The van der Waals surface area contributed by atoms with Gasteiger partial charge in [-0.1, -0.05) is 36.4 Å². The topological polar surface area (TPSA) is 106 Å². The van der Waals surface area contributed by atoms with Crippen LogP contribution >= 0.6 is 23.2 Å². The zero-order chi connectivity index (χ0) is 21.4. The lowest BCUT2D eigenvalue weighted by molar-refractivity contribution is 0.523. The molecule has 0 atom stereocenters. The van der Waals surface area contributed by atoms with Gasteiger partial charge < -0.3 is 9.58 Å². The average molecular weight is 445 g/mol. The van der Waals surface area contributed by atoms with E-state index in [0.717, 1.165) is 47.2 Å². The number of H-pyrrole nitrogens is 1. The van der Waals surface area contributed by atoms with E-state index in [1.807, 2.05) is 4.98 Å². The quantitative estimate of drug-likeness (QED) is 0.689. The summed E-state index contributed by atoms with van der Waals surface area (Å²) in [5, 5.41) is 8.18. The Morgan fingerprint density at radius 1 is 1.17 bits per heavy atom. The summed E-state index contributed by atoms with van der Waals surface area (Å²) in [4.78, 5) is 28.7. The third kappa shape index (κ3) is 3.51. The van der Waals surface area contributed by atoms with E-state index in [1.165, 1.54) is 12.1 Å². The number of aromatic nitrogens is 3. The summed E-state index contributed by atoms with van der Waals surface area (Å²) < 4.78 is 6.77. The SMILES string of the molecule is [C-]#[N+]c1nn(-c2cc(Cl)c(OC3=NNC(=C)C4=C3CCCC4)c(Cl)c2)c(=O)[nH]c1=O. The van der Waals surface area contributed by atoms with Crippen molar-refractivity contribution in [2.24, 2.45) is 5.10 Å². The lowest BCUT2D eigenvalue weighted by Gasteiger charge is -2.26. The van der Waals surface area contributed by atoms with Crippen LogP contribution in [-0.2, 0) is 0 Å². The predicted octanol–water partition coefficient (Wildman–Crippen LogP) is 3.46. The number of hydrogen-bond donors (Lipinski definition) is 2. The fourth-order valence-corrected chi connectivity index (χ4v) is 3.87. The molecule has 152 valence electrons. The third-order valence-electron chi connectivity index (χ3n) is 4.73. The highest BCUT2D eigenvalue weighted by Crippen LogP contribution is 2.38. The molecule has 2 aromatic rings. The van der Waals surface area contributed by atoms with Gasteiger partial charge in [0.1, 0.15) is 0 Å². The molecule has 0 bridgehead atoms. The van der Waals surface area contributed by atoms with Crippen LogP contribution in [0.3, 0.4) is 0 Å². The van der Waals surface area contributed by atoms with Crippen molar-refractivity contribution in [1.82, 2.24) is 20.2 Å². The standard InChI is InChI=1S/C19H14Cl2N6O3/c1-9-11-5-3-4-6-12(11)18(25-24-9)30-15-13(20)7-10(8-14(15)21)27-19(29)23-17(28)16(22-2)26-27/h7-8,24H,1,3-6H2,(H,23,28,29). The molecule has 0 saturated carbocycles. The summed E-state index contributed by atoms with van der Waals surface area (Å²) in [6, 6.07) is 2.80. The summed E-state index contributed by atoms with van der Waals surface area (Å²) in [6.07, 6.45) is 3.77. The van der Waals surface area contributed by atoms with Crippen LogP contribution in [0.4, 0.5) is 5.82 Å². The van der Waals surface area contributed by atoms with Crippen molar-refractivity contribution in [3.8, 4) is 11.4 Å². The zero-order valence-corrected chi connectivity index (χ0v) is 17.0. The highest BCUT2D eigenvalue weighted by Gasteiger charge is 2.26. The van der Waals surface area contributed by atoms with Gasteiger partial charge in [-0.2, -0.15) is 0 Å². The van der Waals surface area contributed by atoms with Gasteiger partial charge in [0.2, 0.25) is 5.90 Å². The number of ether oxygens (including phenoxy) is 1. The normalized spacial score (nSPS) is 15.8. The van der Waals surface area contributed by atoms with E-state index in [0.29, 0.717) is 5.90 Å². The number of nitrogens with zero attached hydrogens (tertiary/aromatic N) is 4. The van der Waals surface area contributed by atoms with Crippen LogP contribution in [0, 0.1) is 6.57 Å². The molecule has 2 N–H and O–H groups in total. The van der Waals surface area contributed by atoms with E-state index in [-0.39, 0.29) is 21.5 Å². The molecule has 9 nitrogen and oxygen atoms in total. The molecule has 0 unspecified atom stereocenters. The third-order valence-corrected chi connectivity index (χ3v) is 5.29. The van der Waals surface area contributed by atoms with Crippen LogP contribution in [-0.4, -0.2) is 20.7 Å². The molecule has 0 amide bonds. The van der Waals surface area contributed by atoms with Gasteiger partial charge in [-0.3, -0.25) is 15.2 Å². The number of hydrogen-bond acceptors (Lipinski definition) is 6. The van der Waals surface area contributed by atoms with Gasteiger partial charge in [0.15, 0.2) is 5.75 Å². The number of hydrazone groups is 1. The van der Waals surface area contributed by atoms with Gasteiger partial charge >= 0.3 is 11.5 Å². The second kappa shape index (κ2) is 7.82. The molecular weight excluding hydrogens is 431 g/mol. The summed E-state index contributed by atoms with van der Waals surface area (Å²) in [5.74, 6) is 0.0421. The number of aromatic amines is 1. The Bertz CT molecular complexity index is 1280. The predicted molar refractivity (Wildman–Crippen MR) is 113 cm³/mol. The molecule has 11 heteroatoms. The van der Waals surface area contributed by atoms with E-state index in [2.05, 4.69) is 27.0 Å². The highest BCUT2D eigenvalue weighted by atomic mass is 35.5. The number of rotatable bonds is 2. The van der Waals surface area contributed by atoms with Crippen molar-refractivity contribution in [3.63, 3.8) is 0 Å². The molecule has 30 heavy (non-hydrogen) atoms. The largest absolute Gasteiger partial charge is 0.434 e. The van der Waals surface area contributed by atoms with Crippen molar-refractivity contribution < 1.29 is 4.74 Å². The fraction of sp³-hybridized carbons (Fsp3) is 0.211. The summed E-state index contributed by atoms with van der Waals surface area (Å²) in [7, 11) is 0. The Hall–Kier alpha value is -3.35. The minimum absolute atomic E-state index is 0.104.